The first-order valence-corrected chi connectivity index (χ1v) is 5.83. The van der Waals surface area contributed by atoms with Crippen LogP contribution >= 0.6 is 0 Å². The molecule has 5 heteroatoms. The molecule has 2 aromatic rings. The van der Waals surface area contributed by atoms with Gasteiger partial charge in [0.05, 0.1) is 11.3 Å². The van der Waals surface area contributed by atoms with E-state index in [0.29, 0.717) is 11.3 Å². The third-order valence-electron chi connectivity index (χ3n) is 2.91. The summed E-state index contributed by atoms with van der Waals surface area (Å²) < 4.78 is 0. The molecule has 1 amide bonds. The Morgan fingerprint density at radius 3 is 2.50 bits per heavy atom. The lowest BCUT2D eigenvalue weighted by Crippen LogP contribution is -2.26. The molecule has 0 atom stereocenters. The molecule has 0 fully saturated rings. The van der Waals surface area contributed by atoms with E-state index in [4.69, 9.17) is 5.26 Å². The van der Waals surface area contributed by atoms with E-state index in [1.807, 2.05) is 6.07 Å². The van der Waals surface area contributed by atoms with Crippen molar-refractivity contribution in [3.05, 3.63) is 53.6 Å². The van der Waals surface area contributed by atoms with Crippen molar-refractivity contribution in [1.82, 2.24) is 0 Å². The molecule has 2 N–H and O–H groups in total. The van der Waals surface area contributed by atoms with Crippen molar-refractivity contribution < 1.29 is 15.0 Å². The van der Waals surface area contributed by atoms with Crippen LogP contribution in [0.5, 0.6) is 11.5 Å². The summed E-state index contributed by atoms with van der Waals surface area (Å²) in [7, 11) is 1.54. The van der Waals surface area contributed by atoms with Gasteiger partial charge in [0.15, 0.2) is 11.5 Å². The standard InChI is InChI=1S/C15H12N2O3/c1-17(12-5-3-2-4-11(12)9-16)15(20)10-6-7-13(18)14(19)8-10/h2-8,18-19H,1H3. The maximum atomic E-state index is 12.3. The zero-order valence-electron chi connectivity index (χ0n) is 10.7. The van der Waals surface area contributed by atoms with Crippen LogP contribution in [0.15, 0.2) is 42.5 Å². The van der Waals surface area contributed by atoms with Crippen molar-refractivity contribution in [2.24, 2.45) is 0 Å². The normalized spacial score (nSPS) is 9.80. The summed E-state index contributed by atoms with van der Waals surface area (Å²) in [5.41, 5.74) is 1.08. The van der Waals surface area contributed by atoms with Crippen LogP contribution in [-0.2, 0) is 0 Å². The molecule has 0 unspecified atom stereocenters. The molecule has 0 aliphatic rings. The fourth-order valence-electron chi connectivity index (χ4n) is 1.82. The minimum atomic E-state index is -0.386. The summed E-state index contributed by atoms with van der Waals surface area (Å²) in [6.45, 7) is 0. The van der Waals surface area contributed by atoms with Crippen molar-refractivity contribution >= 4 is 11.6 Å². The molecular formula is C15H12N2O3. The van der Waals surface area contributed by atoms with Crippen LogP contribution in [0.4, 0.5) is 5.69 Å². The summed E-state index contributed by atoms with van der Waals surface area (Å²) in [6.07, 6.45) is 0. The number of benzene rings is 2. The second-order valence-corrected chi connectivity index (χ2v) is 4.20. The zero-order chi connectivity index (χ0) is 14.7. The molecule has 0 radical (unpaired) electrons. The number of phenolic OH excluding ortho intramolecular Hbond substituents is 2. The molecule has 0 saturated heterocycles. The smallest absolute Gasteiger partial charge is 0.258 e. The molecule has 20 heavy (non-hydrogen) atoms. The maximum absolute atomic E-state index is 12.3. The van der Waals surface area contributed by atoms with Crippen molar-refractivity contribution in [2.75, 3.05) is 11.9 Å². The van der Waals surface area contributed by atoms with Gasteiger partial charge in [0.2, 0.25) is 0 Å². The van der Waals surface area contributed by atoms with E-state index in [9.17, 15) is 15.0 Å². The average Bonchev–Trinajstić information content (AvgIpc) is 2.48. The van der Waals surface area contributed by atoms with Gasteiger partial charge in [0, 0.05) is 12.6 Å². The lowest BCUT2D eigenvalue weighted by molar-refractivity contribution is 0.0992. The largest absolute Gasteiger partial charge is 0.504 e. The molecule has 0 aliphatic carbocycles. The predicted molar refractivity (Wildman–Crippen MR) is 73.7 cm³/mol. The second-order valence-electron chi connectivity index (χ2n) is 4.20. The van der Waals surface area contributed by atoms with E-state index in [2.05, 4.69) is 0 Å². The van der Waals surface area contributed by atoms with Crippen molar-refractivity contribution in [3.63, 3.8) is 0 Å². The summed E-state index contributed by atoms with van der Waals surface area (Å²) in [6, 6.07) is 12.6. The number of anilines is 1. The second kappa shape index (κ2) is 5.33. The van der Waals surface area contributed by atoms with Gasteiger partial charge >= 0.3 is 0 Å². The molecular weight excluding hydrogens is 256 g/mol. The SMILES string of the molecule is CN(C(=O)c1ccc(O)c(O)c1)c1ccccc1C#N. The third kappa shape index (κ3) is 2.40. The Labute approximate surface area is 115 Å². The highest BCUT2D eigenvalue weighted by atomic mass is 16.3. The number of nitriles is 1. The fraction of sp³-hybridized carbons (Fsp3) is 0.0667. The molecule has 2 rings (SSSR count). The quantitative estimate of drug-likeness (QED) is 0.818. The van der Waals surface area contributed by atoms with Gasteiger partial charge in [-0.1, -0.05) is 12.1 Å². The van der Waals surface area contributed by atoms with Gasteiger partial charge in [-0.2, -0.15) is 5.26 Å². The molecule has 0 spiro atoms. The van der Waals surface area contributed by atoms with Crippen molar-refractivity contribution in [1.29, 1.82) is 5.26 Å². The van der Waals surface area contributed by atoms with Gasteiger partial charge in [-0.15, -0.1) is 0 Å². The number of carbonyl (C=O) groups excluding carboxylic acids is 1. The van der Waals surface area contributed by atoms with Crippen LogP contribution in [0.1, 0.15) is 15.9 Å². The number of rotatable bonds is 2. The Balaban J connectivity index is 2.38. The highest BCUT2D eigenvalue weighted by molar-refractivity contribution is 6.06. The first-order valence-electron chi connectivity index (χ1n) is 5.83. The highest BCUT2D eigenvalue weighted by Gasteiger charge is 2.17. The van der Waals surface area contributed by atoms with E-state index in [-0.39, 0.29) is 23.0 Å². The van der Waals surface area contributed by atoms with Crippen molar-refractivity contribution in [3.8, 4) is 17.6 Å². The van der Waals surface area contributed by atoms with Crippen LogP contribution in [0.25, 0.3) is 0 Å². The van der Waals surface area contributed by atoms with Crippen LogP contribution < -0.4 is 4.90 Å². The number of hydrogen-bond donors (Lipinski definition) is 2. The van der Waals surface area contributed by atoms with Gasteiger partial charge < -0.3 is 15.1 Å². The maximum Gasteiger partial charge on any atom is 0.258 e. The Morgan fingerprint density at radius 1 is 1.15 bits per heavy atom. The summed E-state index contributed by atoms with van der Waals surface area (Å²) in [5, 5.41) is 27.7. The average molecular weight is 268 g/mol. The third-order valence-corrected chi connectivity index (χ3v) is 2.91. The van der Waals surface area contributed by atoms with Gasteiger partial charge in [0.25, 0.3) is 5.91 Å². The van der Waals surface area contributed by atoms with Gasteiger partial charge in [-0.05, 0) is 30.3 Å². The monoisotopic (exact) mass is 268 g/mol. The van der Waals surface area contributed by atoms with E-state index in [0.717, 1.165) is 0 Å². The number of amides is 1. The highest BCUT2D eigenvalue weighted by Crippen LogP contribution is 2.27. The molecule has 100 valence electrons. The lowest BCUT2D eigenvalue weighted by Gasteiger charge is -2.18. The number of phenols is 2. The minimum absolute atomic E-state index is 0.218. The zero-order valence-corrected chi connectivity index (χ0v) is 10.7. The van der Waals surface area contributed by atoms with Crippen LogP contribution in [0.2, 0.25) is 0 Å². The molecule has 0 saturated carbocycles. The van der Waals surface area contributed by atoms with Crippen molar-refractivity contribution in [2.45, 2.75) is 0 Å². The Bertz CT molecular complexity index is 705. The van der Waals surface area contributed by atoms with Gasteiger partial charge in [0.1, 0.15) is 6.07 Å². The van der Waals surface area contributed by atoms with E-state index >= 15 is 0 Å². The van der Waals surface area contributed by atoms with E-state index in [1.165, 1.54) is 23.1 Å². The van der Waals surface area contributed by atoms with E-state index < -0.39 is 0 Å². The van der Waals surface area contributed by atoms with Crippen LogP contribution in [-0.4, -0.2) is 23.2 Å². The molecule has 5 nitrogen and oxygen atoms in total. The van der Waals surface area contributed by atoms with Crippen LogP contribution in [0, 0.1) is 11.3 Å². The van der Waals surface area contributed by atoms with Gasteiger partial charge in [-0.3, -0.25) is 4.79 Å². The summed E-state index contributed by atoms with van der Waals surface area (Å²) in [5.74, 6) is -1.04. The Morgan fingerprint density at radius 2 is 1.85 bits per heavy atom. The number of carbonyl (C=O) groups is 1. The molecule has 0 aromatic heterocycles. The molecule has 0 heterocycles. The topological polar surface area (TPSA) is 84.6 Å². The Kier molecular flexibility index (Phi) is 3.58. The van der Waals surface area contributed by atoms with Crippen LogP contribution in [0.3, 0.4) is 0 Å². The molecule has 0 bridgehead atoms. The fourth-order valence-corrected chi connectivity index (χ4v) is 1.82. The molecule has 2 aromatic carbocycles. The first kappa shape index (κ1) is 13.4. The summed E-state index contributed by atoms with van der Waals surface area (Å²) in [4.78, 5) is 13.6. The minimum Gasteiger partial charge on any atom is -0.504 e. The van der Waals surface area contributed by atoms with Gasteiger partial charge in [-0.25, -0.2) is 0 Å². The predicted octanol–water partition coefficient (Wildman–Crippen LogP) is 2.25. The molecule has 0 aliphatic heterocycles. The number of para-hydroxylation sites is 1. The van der Waals surface area contributed by atoms with E-state index in [1.54, 1.807) is 31.3 Å². The Hall–Kier alpha value is -3.00. The number of aromatic hydroxyl groups is 2. The first-order chi connectivity index (χ1) is 9.54. The lowest BCUT2D eigenvalue weighted by atomic mass is 10.1. The number of hydrogen-bond acceptors (Lipinski definition) is 4. The number of nitrogens with zero attached hydrogens (tertiary/aromatic N) is 2. The summed E-state index contributed by atoms with van der Waals surface area (Å²) >= 11 is 0.